The fraction of sp³-hybridized carbons (Fsp3) is 0.533. The minimum absolute atomic E-state index is 0.157. The number of benzene rings is 1. The van der Waals surface area contributed by atoms with Crippen LogP contribution in [0.2, 0.25) is 0 Å². The smallest absolute Gasteiger partial charge is 0.305 e. The Labute approximate surface area is 125 Å². The summed E-state index contributed by atoms with van der Waals surface area (Å²) in [6, 6.07) is 6.55. The summed E-state index contributed by atoms with van der Waals surface area (Å²) >= 11 is 0. The molecular formula is C15H20O5S. The Morgan fingerprint density at radius 2 is 1.86 bits per heavy atom. The van der Waals surface area contributed by atoms with Gasteiger partial charge in [-0.15, -0.1) is 0 Å². The first-order valence-electron chi connectivity index (χ1n) is 7.05. The number of esters is 1. The Morgan fingerprint density at radius 1 is 1.24 bits per heavy atom. The van der Waals surface area contributed by atoms with Crippen LogP contribution in [0.25, 0.3) is 0 Å². The first-order chi connectivity index (χ1) is 9.87. The largest absolute Gasteiger partial charge is 0.466 e. The Bertz CT molecular complexity index is 599. The molecule has 5 nitrogen and oxygen atoms in total. The van der Waals surface area contributed by atoms with Crippen LogP contribution in [-0.4, -0.2) is 26.6 Å². The van der Waals surface area contributed by atoms with Crippen molar-refractivity contribution >= 4 is 16.1 Å². The third-order valence-electron chi connectivity index (χ3n) is 3.51. The van der Waals surface area contributed by atoms with E-state index in [0.29, 0.717) is 25.7 Å². The molecule has 0 bridgehead atoms. The lowest BCUT2D eigenvalue weighted by molar-refractivity contribution is -0.143. The van der Waals surface area contributed by atoms with Gasteiger partial charge in [-0.1, -0.05) is 24.6 Å². The van der Waals surface area contributed by atoms with Crippen LogP contribution in [0.3, 0.4) is 0 Å². The van der Waals surface area contributed by atoms with E-state index in [2.05, 4.69) is 0 Å². The van der Waals surface area contributed by atoms with Crippen LogP contribution in [-0.2, 0) is 23.8 Å². The van der Waals surface area contributed by atoms with Crippen LogP contribution in [0.15, 0.2) is 29.2 Å². The van der Waals surface area contributed by atoms with Crippen molar-refractivity contribution in [1.82, 2.24) is 0 Å². The molecule has 0 N–H and O–H groups in total. The molecule has 1 aliphatic rings. The van der Waals surface area contributed by atoms with E-state index in [-0.39, 0.29) is 17.5 Å². The summed E-state index contributed by atoms with van der Waals surface area (Å²) in [6.45, 7) is 3.80. The number of carbonyl (C=O) groups is 1. The highest BCUT2D eigenvalue weighted by Gasteiger charge is 2.48. The lowest BCUT2D eigenvalue weighted by atomic mass is 10.2. The molecular weight excluding hydrogens is 292 g/mol. The fourth-order valence-electron chi connectivity index (χ4n) is 1.95. The number of ether oxygens (including phenoxy) is 1. The summed E-state index contributed by atoms with van der Waals surface area (Å²) in [4.78, 5) is 11.2. The van der Waals surface area contributed by atoms with Gasteiger partial charge in [0, 0.05) is 12.8 Å². The molecule has 0 heterocycles. The van der Waals surface area contributed by atoms with Crippen LogP contribution in [0.1, 0.15) is 38.2 Å². The van der Waals surface area contributed by atoms with E-state index in [1.54, 1.807) is 19.1 Å². The average Bonchev–Trinajstić information content (AvgIpc) is 3.18. The molecule has 6 heteroatoms. The van der Waals surface area contributed by atoms with Crippen molar-refractivity contribution in [3.8, 4) is 0 Å². The minimum Gasteiger partial charge on any atom is -0.466 e. The second-order valence-corrected chi connectivity index (χ2v) is 6.90. The van der Waals surface area contributed by atoms with Gasteiger partial charge in [0.05, 0.1) is 17.1 Å². The van der Waals surface area contributed by atoms with Crippen LogP contribution in [0.4, 0.5) is 0 Å². The summed E-state index contributed by atoms with van der Waals surface area (Å²) in [6.07, 6.45) is 2.06. The topological polar surface area (TPSA) is 69.7 Å². The quantitative estimate of drug-likeness (QED) is 0.572. The van der Waals surface area contributed by atoms with Crippen molar-refractivity contribution in [3.63, 3.8) is 0 Å². The Kier molecular flexibility index (Phi) is 4.68. The second kappa shape index (κ2) is 6.15. The first-order valence-corrected chi connectivity index (χ1v) is 8.46. The van der Waals surface area contributed by atoms with Crippen LogP contribution >= 0.6 is 0 Å². The van der Waals surface area contributed by atoms with Gasteiger partial charge in [0.1, 0.15) is 0 Å². The van der Waals surface area contributed by atoms with Crippen molar-refractivity contribution in [2.24, 2.45) is 0 Å². The maximum Gasteiger partial charge on any atom is 0.305 e. The number of aryl methyl sites for hydroxylation is 1. The van der Waals surface area contributed by atoms with Gasteiger partial charge in [-0.25, -0.2) is 0 Å². The lowest BCUT2D eigenvalue weighted by Crippen LogP contribution is -2.22. The molecule has 0 amide bonds. The molecule has 0 radical (unpaired) electrons. The first kappa shape index (κ1) is 16.0. The normalized spacial score (nSPS) is 16.5. The molecule has 0 saturated heterocycles. The third-order valence-corrected chi connectivity index (χ3v) is 4.94. The van der Waals surface area contributed by atoms with Gasteiger partial charge in [0.2, 0.25) is 0 Å². The van der Waals surface area contributed by atoms with E-state index in [0.717, 1.165) is 5.56 Å². The van der Waals surface area contributed by atoms with Crippen LogP contribution < -0.4 is 0 Å². The summed E-state index contributed by atoms with van der Waals surface area (Å²) in [7, 11) is -3.77. The van der Waals surface area contributed by atoms with Gasteiger partial charge in [-0.05, 0) is 31.9 Å². The van der Waals surface area contributed by atoms with Crippen molar-refractivity contribution in [3.05, 3.63) is 29.8 Å². The maximum absolute atomic E-state index is 12.2. The Hall–Kier alpha value is -1.40. The molecule has 2 rings (SSSR count). The molecule has 0 spiro atoms. The predicted molar refractivity (Wildman–Crippen MR) is 77.3 cm³/mol. The molecule has 21 heavy (non-hydrogen) atoms. The van der Waals surface area contributed by atoms with Crippen molar-refractivity contribution < 1.29 is 22.1 Å². The van der Waals surface area contributed by atoms with Crippen LogP contribution in [0, 0.1) is 6.92 Å². The van der Waals surface area contributed by atoms with Crippen LogP contribution in [0.5, 0.6) is 0 Å². The predicted octanol–water partition coefficient (Wildman–Crippen LogP) is 2.58. The van der Waals surface area contributed by atoms with Gasteiger partial charge in [-0.2, -0.15) is 8.42 Å². The molecule has 0 atom stereocenters. The van der Waals surface area contributed by atoms with E-state index in [1.165, 1.54) is 12.1 Å². The zero-order valence-electron chi connectivity index (χ0n) is 12.3. The SMILES string of the molecule is CCC(=O)OCCC1(OS(=O)(=O)c2ccc(C)cc2)CC1. The number of rotatable bonds is 7. The van der Waals surface area contributed by atoms with Crippen molar-refractivity contribution in [1.29, 1.82) is 0 Å². The van der Waals surface area contributed by atoms with E-state index >= 15 is 0 Å². The zero-order chi connectivity index (χ0) is 15.5. The third kappa shape index (κ3) is 4.28. The van der Waals surface area contributed by atoms with Crippen molar-refractivity contribution in [2.75, 3.05) is 6.61 Å². The molecule has 1 aromatic rings. The molecule has 0 aromatic heterocycles. The molecule has 1 saturated carbocycles. The van der Waals surface area contributed by atoms with Gasteiger partial charge in [0.15, 0.2) is 0 Å². The Morgan fingerprint density at radius 3 is 2.38 bits per heavy atom. The fourth-order valence-corrected chi connectivity index (χ4v) is 3.23. The molecule has 116 valence electrons. The molecule has 0 unspecified atom stereocenters. The molecule has 0 aliphatic heterocycles. The van der Waals surface area contributed by atoms with Crippen molar-refractivity contribution in [2.45, 2.75) is 50.0 Å². The molecule has 1 fully saturated rings. The van der Waals surface area contributed by atoms with Gasteiger partial charge in [-0.3, -0.25) is 8.98 Å². The maximum atomic E-state index is 12.2. The highest BCUT2D eigenvalue weighted by atomic mass is 32.2. The van der Waals surface area contributed by atoms with E-state index < -0.39 is 15.7 Å². The van der Waals surface area contributed by atoms with Gasteiger partial charge < -0.3 is 4.74 Å². The standard InChI is InChI=1S/C15H20O5S/c1-3-14(16)19-11-10-15(8-9-15)20-21(17,18)13-6-4-12(2)5-7-13/h4-7H,3,8-11H2,1-2H3. The van der Waals surface area contributed by atoms with Gasteiger partial charge in [0.25, 0.3) is 10.1 Å². The minimum atomic E-state index is -3.77. The van der Waals surface area contributed by atoms with E-state index in [1.807, 2.05) is 6.92 Å². The van der Waals surface area contributed by atoms with Gasteiger partial charge >= 0.3 is 5.97 Å². The number of hydrogen-bond acceptors (Lipinski definition) is 5. The number of carbonyl (C=O) groups excluding carboxylic acids is 1. The monoisotopic (exact) mass is 312 g/mol. The average molecular weight is 312 g/mol. The summed E-state index contributed by atoms with van der Waals surface area (Å²) in [5.74, 6) is -0.285. The Balaban J connectivity index is 1.96. The molecule has 1 aromatic carbocycles. The highest BCUT2D eigenvalue weighted by molar-refractivity contribution is 7.86. The lowest BCUT2D eigenvalue weighted by Gasteiger charge is -2.16. The molecule has 1 aliphatic carbocycles. The number of hydrogen-bond donors (Lipinski definition) is 0. The summed E-state index contributed by atoms with van der Waals surface area (Å²) in [5, 5.41) is 0. The second-order valence-electron chi connectivity index (χ2n) is 5.36. The van der Waals surface area contributed by atoms with E-state index in [9.17, 15) is 13.2 Å². The zero-order valence-corrected chi connectivity index (χ0v) is 13.1. The summed E-state index contributed by atoms with van der Waals surface area (Å²) < 4.78 is 34.8. The summed E-state index contributed by atoms with van der Waals surface area (Å²) in [5.41, 5.74) is 0.291. The van der Waals surface area contributed by atoms with E-state index in [4.69, 9.17) is 8.92 Å². The highest BCUT2D eigenvalue weighted by Crippen LogP contribution is 2.45.